The molecule has 0 aliphatic rings. The minimum Gasteiger partial charge on any atom is -0.279 e. The summed E-state index contributed by atoms with van der Waals surface area (Å²) >= 11 is 0. The lowest BCUT2D eigenvalue weighted by Gasteiger charge is -2.12. The molecule has 0 saturated heterocycles. The lowest BCUT2D eigenvalue weighted by atomic mass is 10.2. The number of sulfonamides is 1. The highest BCUT2D eigenvalue weighted by Gasteiger charge is 2.25. The van der Waals surface area contributed by atoms with Gasteiger partial charge in [-0.3, -0.25) is 4.72 Å². The highest BCUT2D eigenvalue weighted by molar-refractivity contribution is 7.92. The van der Waals surface area contributed by atoms with Gasteiger partial charge in [0, 0.05) is 6.26 Å². The average Bonchev–Trinajstić information content (AvgIpc) is 2.45. The Morgan fingerprint density at radius 2 is 1.54 bits per heavy atom. The van der Waals surface area contributed by atoms with Crippen molar-refractivity contribution in [1.82, 2.24) is 0 Å². The van der Waals surface area contributed by atoms with Crippen molar-refractivity contribution in [2.45, 2.75) is 16.7 Å². The number of benzene rings is 2. The van der Waals surface area contributed by atoms with Gasteiger partial charge in [0.05, 0.1) is 10.6 Å². The van der Waals surface area contributed by atoms with Gasteiger partial charge in [-0.1, -0.05) is 6.07 Å². The molecule has 10 heteroatoms. The molecule has 2 aromatic rings. The molecule has 24 heavy (non-hydrogen) atoms. The van der Waals surface area contributed by atoms with Gasteiger partial charge >= 0.3 is 0 Å². The maximum Gasteiger partial charge on any atom is 0.264 e. The van der Waals surface area contributed by atoms with Crippen molar-refractivity contribution in [3.8, 4) is 0 Å². The lowest BCUT2D eigenvalue weighted by molar-refractivity contribution is 0.432. The summed E-state index contributed by atoms with van der Waals surface area (Å²) in [5.41, 5.74) is 0.232. The molecule has 0 unspecified atom stereocenters. The van der Waals surface area contributed by atoms with Crippen molar-refractivity contribution in [3.05, 3.63) is 53.3 Å². The first-order valence-corrected chi connectivity index (χ1v) is 9.78. The third kappa shape index (κ3) is 3.54. The minimum atomic E-state index is -4.59. The second kappa shape index (κ2) is 6.10. The number of halogens is 3. The molecule has 0 atom stereocenters. The van der Waals surface area contributed by atoms with Crippen LogP contribution in [-0.4, -0.2) is 23.1 Å². The zero-order valence-corrected chi connectivity index (χ0v) is 14.1. The van der Waals surface area contributed by atoms with Crippen molar-refractivity contribution in [3.63, 3.8) is 0 Å². The summed E-state index contributed by atoms with van der Waals surface area (Å²) in [5, 5.41) is 0. The van der Waals surface area contributed by atoms with Crippen molar-refractivity contribution in [1.29, 1.82) is 0 Å². The predicted octanol–water partition coefficient (Wildman–Crippen LogP) is 2.62. The number of hydrogen-bond donors (Lipinski definition) is 1. The van der Waals surface area contributed by atoms with Crippen LogP contribution in [0.2, 0.25) is 0 Å². The average molecular weight is 379 g/mol. The second-order valence-electron chi connectivity index (χ2n) is 5.03. The Kier molecular flexibility index (Phi) is 4.64. The Morgan fingerprint density at radius 3 is 2.12 bits per heavy atom. The Labute approximate surface area is 137 Å². The van der Waals surface area contributed by atoms with E-state index in [0.717, 1.165) is 12.3 Å². The fourth-order valence-electron chi connectivity index (χ4n) is 1.86. The van der Waals surface area contributed by atoms with Crippen LogP contribution >= 0.6 is 0 Å². The number of sulfone groups is 1. The topological polar surface area (TPSA) is 80.3 Å². The molecule has 2 rings (SSSR count). The van der Waals surface area contributed by atoms with Crippen LogP contribution in [0.3, 0.4) is 0 Å². The third-order valence-electron chi connectivity index (χ3n) is 3.17. The van der Waals surface area contributed by atoms with Gasteiger partial charge in [0.15, 0.2) is 27.3 Å². The first kappa shape index (κ1) is 18.3. The molecule has 2 aromatic carbocycles. The van der Waals surface area contributed by atoms with Gasteiger partial charge in [-0.05, 0) is 36.8 Å². The van der Waals surface area contributed by atoms with Crippen LogP contribution in [0.4, 0.5) is 18.9 Å². The summed E-state index contributed by atoms with van der Waals surface area (Å²) < 4.78 is 89.3. The van der Waals surface area contributed by atoms with Crippen LogP contribution in [0.25, 0.3) is 0 Å². The molecule has 0 bridgehead atoms. The van der Waals surface area contributed by atoms with E-state index in [2.05, 4.69) is 0 Å². The van der Waals surface area contributed by atoms with Gasteiger partial charge in [-0.15, -0.1) is 0 Å². The van der Waals surface area contributed by atoms with Gasteiger partial charge in [-0.2, -0.15) is 0 Å². The first-order chi connectivity index (χ1) is 10.9. The summed E-state index contributed by atoms with van der Waals surface area (Å²) in [4.78, 5) is -1.25. The Balaban J connectivity index is 2.53. The number of anilines is 1. The van der Waals surface area contributed by atoms with E-state index in [9.17, 15) is 30.0 Å². The molecule has 0 aliphatic carbocycles. The molecule has 1 N–H and O–H groups in total. The van der Waals surface area contributed by atoms with E-state index in [1.54, 1.807) is 0 Å². The standard InChI is InChI=1S/C14H12F3NO4S2/c1-8-3-4-9(23(2,19)20)7-11(8)18-24(21,22)12-6-5-10(15)13(16)14(12)17/h3-7,18H,1-2H3. The normalized spacial score (nSPS) is 12.2. The van der Waals surface area contributed by atoms with E-state index in [-0.39, 0.29) is 10.6 Å². The minimum absolute atomic E-state index is 0.123. The Hall–Kier alpha value is -2.07. The van der Waals surface area contributed by atoms with E-state index in [1.807, 2.05) is 4.72 Å². The van der Waals surface area contributed by atoms with E-state index in [1.165, 1.54) is 19.1 Å². The molecule has 0 aliphatic heterocycles. The SMILES string of the molecule is Cc1ccc(S(C)(=O)=O)cc1NS(=O)(=O)c1ccc(F)c(F)c1F. The van der Waals surface area contributed by atoms with Crippen LogP contribution < -0.4 is 4.72 Å². The van der Waals surface area contributed by atoms with Crippen LogP contribution in [-0.2, 0) is 19.9 Å². The molecule has 0 amide bonds. The largest absolute Gasteiger partial charge is 0.279 e. The van der Waals surface area contributed by atoms with E-state index >= 15 is 0 Å². The summed E-state index contributed by atoms with van der Waals surface area (Å²) in [6.07, 6.45) is 0.935. The van der Waals surface area contributed by atoms with Crippen molar-refractivity contribution >= 4 is 25.5 Å². The molecule has 0 spiro atoms. The predicted molar refractivity (Wildman–Crippen MR) is 81.4 cm³/mol. The zero-order valence-electron chi connectivity index (χ0n) is 12.5. The molecule has 0 heterocycles. The van der Waals surface area contributed by atoms with Gasteiger partial charge in [0.25, 0.3) is 10.0 Å². The summed E-state index contributed by atoms with van der Waals surface area (Å²) in [7, 11) is -8.20. The number of nitrogens with one attached hydrogen (secondary N) is 1. The molecule has 0 aromatic heterocycles. The zero-order chi connectivity index (χ0) is 18.3. The highest BCUT2D eigenvalue weighted by atomic mass is 32.2. The number of aryl methyl sites for hydroxylation is 1. The van der Waals surface area contributed by atoms with Gasteiger partial charge < -0.3 is 0 Å². The number of hydrogen-bond acceptors (Lipinski definition) is 4. The van der Waals surface area contributed by atoms with E-state index < -0.39 is 42.2 Å². The summed E-state index contributed by atoms with van der Waals surface area (Å²) in [6.45, 7) is 1.49. The van der Waals surface area contributed by atoms with Gasteiger partial charge in [0.1, 0.15) is 4.90 Å². The smallest absolute Gasteiger partial charge is 0.264 e. The van der Waals surface area contributed by atoms with E-state index in [4.69, 9.17) is 0 Å². The quantitative estimate of drug-likeness (QED) is 0.828. The molecule has 5 nitrogen and oxygen atoms in total. The fraction of sp³-hybridized carbons (Fsp3) is 0.143. The second-order valence-corrected chi connectivity index (χ2v) is 8.69. The molecule has 130 valence electrons. The fourth-order valence-corrected chi connectivity index (χ4v) is 3.70. The van der Waals surface area contributed by atoms with E-state index in [0.29, 0.717) is 17.7 Å². The van der Waals surface area contributed by atoms with Crippen LogP contribution in [0.5, 0.6) is 0 Å². The van der Waals surface area contributed by atoms with Crippen molar-refractivity contribution in [2.75, 3.05) is 11.0 Å². The van der Waals surface area contributed by atoms with Crippen molar-refractivity contribution < 1.29 is 30.0 Å². The lowest BCUT2D eigenvalue weighted by Crippen LogP contribution is -2.17. The molecule has 0 radical (unpaired) electrons. The highest BCUT2D eigenvalue weighted by Crippen LogP contribution is 2.26. The summed E-state index contributed by atoms with van der Waals surface area (Å²) in [6, 6.07) is 4.75. The van der Waals surface area contributed by atoms with Crippen LogP contribution in [0, 0.1) is 24.4 Å². The third-order valence-corrected chi connectivity index (χ3v) is 5.66. The maximum absolute atomic E-state index is 13.7. The Morgan fingerprint density at radius 1 is 0.917 bits per heavy atom. The molecular formula is C14H12F3NO4S2. The monoisotopic (exact) mass is 379 g/mol. The van der Waals surface area contributed by atoms with Crippen LogP contribution in [0.1, 0.15) is 5.56 Å². The number of rotatable bonds is 4. The molecular weight excluding hydrogens is 367 g/mol. The molecule has 0 saturated carbocycles. The van der Waals surface area contributed by atoms with Crippen molar-refractivity contribution in [2.24, 2.45) is 0 Å². The molecule has 0 fully saturated rings. The van der Waals surface area contributed by atoms with Crippen LogP contribution in [0.15, 0.2) is 40.1 Å². The van der Waals surface area contributed by atoms with Gasteiger partial charge in [0.2, 0.25) is 0 Å². The van der Waals surface area contributed by atoms with Gasteiger partial charge in [-0.25, -0.2) is 30.0 Å². The first-order valence-electron chi connectivity index (χ1n) is 6.40. The Bertz CT molecular complexity index is 1020. The summed E-state index contributed by atoms with van der Waals surface area (Å²) in [5.74, 6) is -5.30. The maximum atomic E-state index is 13.7.